The van der Waals surface area contributed by atoms with Gasteiger partial charge < -0.3 is 15.0 Å². The SMILES string of the molecule is C[C@@H](NC(=O)COC(=O)Cc1c[nH]c2ccccc12)c1ccccc1. The van der Waals surface area contributed by atoms with Crippen LogP contribution < -0.4 is 5.32 Å². The van der Waals surface area contributed by atoms with Crippen LogP contribution in [0.5, 0.6) is 0 Å². The molecule has 3 rings (SSSR count). The number of carbonyl (C=O) groups excluding carboxylic acids is 2. The van der Waals surface area contributed by atoms with Gasteiger partial charge >= 0.3 is 5.97 Å². The Kier molecular flexibility index (Phi) is 5.14. The third-order valence-electron chi connectivity index (χ3n) is 4.05. The van der Waals surface area contributed by atoms with Crippen LogP contribution in [0.2, 0.25) is 0 Å². The molecule has 0 aliphatic carbocycles. The number of fused-ring (bicyclic) bond motifs is 1. The number of hydrogen-bond acceptors (Lipinski definition) is 3. The molecule has 25 heavy (non-hydrogen) atoms. The largest absolute Gasteiger partial charge is 0.455 e. The fourth-order valence-corrected chi connectivity index (χ4v) is 2.74. The molecule has 3 aromatic rings. The average Bonchev–Trinajstić information content (AvgIpc) is 3.04. The van der Waals surface area contributed by atoms with Gasteiger partial charge in [0.15, 0.2) is 6.61 Å². The monoisotopic (exact) mass is 336 g/mol. The average molecular weight is 336 g/mol. The first-order valence-corrected chi connectivity index (χ1v) is 8.18. The molecule has 0 radical (unpaired) electrons. The Morgan fingerprint density at radius 3 is 2.60 bits per heavy atom. The molecule has 128 valence electrons. The third-order valence-corrected chi connectivity index (χ3v) is 4.05. The smallest absolute Gasteiger partial charge is 0.310 e. The van der Waals surface area contributed by atoms with E-state index >= 15 is 0 Å². The van der Waals surface area contributed by atoms with Crippen molar-refractivity contribution < 1.29 is 14.3 Å². The maximum Gasteiger partial charge on any atom is 0.310 e. The first-order chi connectivity index (χ1) is 12.1. The molecule has 1 heterocycles. The van der Waals surface area contributed by atoms with Gasteiger partial charge in [-0.05, 0) is 24.1 Å². The highest BCUT2D eigenvalue weighted by molar-refractivity contribution is 5.88. The fourth-order valence-electron chi connectivity index (χ4n) is 2.74. The summed E-state index contributed by atoms with van der Waals surface area (Å²) in [5, 5.41) is 3.81. The summed E-state index contributed by atoms with van der Waals surface area (Å²) < 4.78 is 5.10. The summed E-state index contributed by atoms with van der Waals surface area (Å²) in [5.41, 5.74) is 2.83. The number of para-hydroxylation sites is 1. The first-order valence-electron chi connectivity index (χ1n) is 8.18. The second-order valence-corrected chi connectivity index (χ2v) is 5.90. The number of rotatable bonds is 6. The number of H-pyrrole nitrogens is 1. The zero-order valence-corrected chi connectivity index (χ0v) is 14.0. The maximum absolute atomic E-state index is 12.0. The second kappa shape index (κ2) is 7.66. The molecule has 1 atom stereocenters. The Morgan fingerprint density at radius 1 is 1.08 bits per heavy atom. The highest BCUT2D eigenvalue weighted by Gasteiger charge is 2.13. The van der Waals surface area contributed by atoms with Crippen LogP contribution in [-0.2, 0) is 20.7 Å². The molecule has 0 fully saturated rings. The van der Waals surface area contributed by atoms with Crippen LogP contribution in [0, 0.1) is 0 Å². The third kappa shape index (κ3) is 4.26. The van der Waals surface area contributed by atoms with E-state index in [1.807, 2.05) is 61.5 Å². The topological polar surface area (TPSA) is 71.2 Å². The van der Waals surface area contributed by atoms with Crippen molar-refractivity contribution in [2.45, 2.75) is 19.4 Å². The summed E-state index contributed by atoms with van der Waals surface area (Å²) in [6.07, 6.45) is 1.93. The fraction of sp³-hybridized carbons (Fsp3) is 0.200. The number of amides is 1. The highest BCUT2D eigenvalue weighted by atomic mass is 16.5. The van der Waals surface area contributed by atoms with Crippen molar-refractivity contribution >= 4 is 22.8 Å². The maximum atomic E-state index is 12.0. The second-order valence-electron chi connectivity index (χ2n) is 5.90. The van der Waals surface area contributed by atoms with Crippen molar-refractivity contribution in [1.29, 1.82) is 0 Å². The molecule has 1 amide bonds. The van der Waals surface area contributed by atoms with E-state index in [0.717, 1.165) is 22.0 Å². The molecule has 0 saturated carbocycles. The molecule has 5 nitrogen and oxygen atoms in total. The van der Waals surface area contributed by atoms with Gasteiger partial charge in [0.25, 0.3) is 5.91 Å². The molecule has 0 spiro atoms. The van der Waals surface area contributed by atoms with Crippen molar-refractivity contribution in [3.8, 4) is 0 Å². The summed E-state index contributed by atoms with van der Waals surface area (Å²) in [6.45, 7) is 1.61. The molecule has 1 aromatic heterocycles. The predicted molar refractivity (Wildman–Crippen MR) is 96.0 cm³/mol. The van der Waals surface area contributed by atoms with Crippen molar-refractivity contribution in [2.24, 2.45) is 0 Å². The lowest BCUT2D eigenvalue weighted by Crippen LogP contribution is -2.31. The molecular weight excluding hydrogens is 316 g/mol. The van der Waals surface area contributed by atoms with Crippen molar-refractivity contribution in [3.05, 3.63) is 71.9 Å². The Labute approximate surface area is 146 Å². The molecule has 2 N–H and O–H groups in total. The summed E-state index contributed by atoms with van der Waals surface area (Å²) >= 11 is 0. The Hall–Kier alpha value is -3.08. The number of esters is 1. The summed E-state index contributed by atoms with van der Waals surface area (Å²) in [7, 11) is 0. The standard InChI is InChI=1S/C20H20N2O3/c1-14(15-7-3-2-4-8-15)22-19(23)13-25-20(24)11-16-12-21-18-10-6-5-9-17(16)18/h2-10,12,14,21H,11,13H2,1H3,(H,22,23)/t14-/m1/s1. The molecule has 0 saturated heterocycles. The molecule has 0 aliphatic heterocycles. The van der Waals surface area contributed by atoms with Gasteiger partial charge in [0, 0.05) is 17.1 Å². The summed E-state index contributed by atoms with van der Waals surface area (Å²) in [4.78, 5) is 27.1. The number of aromatic nitrogens is 1. The van der Waals surface area contributed by atoms with Crippen LogP contribution in [0.4, 0.5) is 0 Å². The number of ether oxygens (including phenoxy) is 1. The molecule has 0 aliphatic rings. The van der Waals surface area contributed by atoms with E-state index in [0.29, 0.717) is 0 Å². The van der Waals surface area contributed by atoms with E-state index in [2.05, 4.69) is 10.3 Å². The number of nitrogens with one attached hydrogen (secondary N) is 2. The van der Waals surface area contributed by atoms with Crippen LogP contribution >= 0.6 is 0 Å². The number of carbonyl (C=O) groups is 2. The van der Waals surface area contributed by atoms with Crippen LogP contribution in [0.3, 0.4) is 0 Å². The van der Waals surface area contributed by atoms with Crippen LogP contribution in [0.25, 0.3) is 10.9 Å². The minimum Gasteiger partial charge on any atom is -0.455 e. The Bertz CT molecular complexity index is 871. The van der Waals surface area contributed by atoms with Gasteiger partial charge in [0.05, 0.1) is 12.5 Å². The van der Waals surface area contributed by atoms with Crippen molar-refractivity contribution in [1.82, 2.24) is 10.3 Å². The lowest BCUT2D eigenvalue weighted by Gasteiger charge is -2.14. The molecule has 0 unspecified atom stereocenters. The lowest BCUT2D eigenvalue weighted by atomic mass is 10.1. The van der Waals surface area contributed by atoms with Gasteiger partial charge in [0.1, 0.15) is 0 Å². The van der Waals surface area contributed by atoms with E-state index in [9.17, 15) is 9.59 Å². The van der Waals surface area contributed by atoms with Crippen molar-refractivity contribution in [2.75, 3.05) is 6.61 Å². The van der Waals surface area contributed by atoms with E-state index in [1.165, 1.54) is 0 Å². The summed E-state index contributed by atoms with van der Waals surface area (Å²) in [5.74, 6) is -0.740. The van der Waals surface area contributed by atoms with Crippen molar-refractivity contribution in [3.63, 3.8) is 0 Å². The van der Waals surface area contributed by atoms with Gasteiger partial charge in [-0.2, -0.15) is 0 Å². The van der Waals surface area contributed by atoms with Gasteiger partial charge in [-0.15, -0.1) is 0 Å². The van der Waals surface area contributed by atoms with Crippen LogP contribution in [0.15, 0.2) is 60.8 Å². The first kappa shape index (κ1) is 16.8. The van der Waals surface area contributed by atoms with E-state index in [-0.39, 0.29) is 25.0 Å². The highest BCUT2D eigenvalue weighted by Crippen LogP contribution is 2.18. The van der Waals surface area contributed by atoms with Gasteiger partial charge in [-0.3, -0.25) is 9.59 Å². The predicted octanol–water partition coefficient (Wildman–Crippen LogP) is 3.13. The molecule has 2 aromatic carbocycles. The Balaban J connectivity index is 1.49. The minimum atomic E-state index is -0.424. The van der Waals surface area contributed by atoms with Gasteiger partial charge in [-0.25, -0.2) is 0 Å². The van der Waals surface area contributed by atoms with E-state index in [4.69, 9.17) is 4.74 Å². The normalized spacial score (nSPS) is 11.9. The molecular formula is C20H20N2O3. The van der Waals surface area contributed by atoms with E-state index in [1.54, 1.807) is 6.20 Å². The lowest BCUT2D eigenvalue weighted by molar-refractivity contribution is -0.148. The van der Waals surface area contributed by atoms with E-state index < -0.39 is 5.97 Å². The van der Waals surface area contributed by atoms with Crippen LogP contribution in [0.1, 0.15) is 24.1 Å². The zero-order chi connectivity index (χ0) is 17.6. The number of aromatic amines is 1. The number of hydrogen-bond donors (Lipinski definition) is 2. The molecule has 0 bridgehead atoms. The Morgan fingerprint density at radius 2 is 1.80 bits per heavy atom. The quantitative estimate of drug-likeness (QED) is 0.679. The van der Waals surface area contributed by atoms with Crippen LogP contribution in [-0.4, -0.2) is 23.5 Å². The summed E-state index contributed by atoms with van der Waals surface area (Å²) in [6, 6.07) is 17.2. The number of benzene rings is 2. The zero-order valence-electron chi connectivity index (χ0n) is 14.0. The minimum absolute atomic E-state index is 0.130. The van der Waals surface area contributed by atoms with Gasteiger partial charge in [-0.1, -0.05) is 48.5 Å². The molecule has 5 heteroatoms. The van der Waals surface area contributed by atoms with Gasteiger partial charge in [0.2, 0.25) is 0 Å².